The summed E-state index contributed by atoms with van der Waals surface area (Å²) in [4.78, 5) is 26.8. The number of anilines is 2. The molecule has 0 aliphatic carbocycles. The standard InChI is InChI=1S/C19H21FN4O3/c1-14(19(25)21-15-5-4-6-16(13-15)24(26)27)22-9-11-23(12-10-22)18-8-3-2-7-17(18)20/h2-8,13-14H,9-12H2,1H3,(H,21,25)/t14-/m0/s1. The Labute approximate surface area is 156 Å². The number of hydrogen-bond acceptors (Lipinski definition) is 5. The fourth-order valence-electron chi connectivity index (χ4n) is 3.17. The van der Waals surface area contributed by atoms with Crippen LogP contribution in [0.25, 0.3) is 0 Å². The number of halogens is 1. The zero-order valence-electron chi connectivity index (χ0n) is 15.0. The molecule has 2 aromatic rings. The third kappa shape index (κ3) is 4.40. The molecule has 1 N–H and O–H groups in total. The summed E-state index contributed by atoms with van der Waals surface area (Å²) < 4.78 is 13.9. The number of amides is 1. The van der Waals surface area contributed by atoms with E-state index in [0.717, 1.165) is 0 Å². The van der Waals surface area contributed by atoms with E-state index in [1.807, 2.05) is 9.80 Å². The van der Waals surface area contributed by atoms with Crippen molar-refractivity contribution in [3.05, 3.63) is 64.5 Å². The first-order valence-corrected chi connectivity index (χ1v) is 8.74. The minimum Gasteiger partial charge on any atom is -0.367 e. The molecule has 1 aliphatic rings. The molecule has 7 nitrogen and oxygen atoms in total. The number of nitrogens with zero attached hydrogens (tertiary/aromatic N) is 3. The molecule has 0 saturated carbocycles. The van der Waals surface area contributed by atoms with Gasteiger partial charge in [-0.05, 0) is 25.1 Å². The quantitative estimate of drug-likeness (QED) is 0.645. The van der Waals surface area contributed by atoms with E-state index in [-0.39, 0.29) is 17.4 Å². The number of para-hydroxylation sites is 1. The fourth-order valence-corrected chi connectivity index (χ4v) is 3.17. The molecule has 1 amide bonds. The van der Waals surface area contributed by atoms with Crippen molar-refractivity contribution in [1.29, 1.82) is 0 Å². The molecule has 1 saturated heterocycles. The van der Waals surface area contributed by atoms with Crippen molar-refractivity contribution in [2.24, 2.45) is 0 Å². The summed E-state index contributed by atoms with van der Waals surface area (Å²) in [5, 5.41) is 13.6. The average molecular weight is 372 g/mol. The number of non-ortho nitro benzene ring substituents is 1. The van der Waals surface area contributed by atoms with E-state index in [1.165, 1.54) is 24.3 Å². The van der Waals surface area contributed by atoms with E-state index < -0.39 is 11.0 Å². The van der Waals surface area contributed by atoms with Gasteiger partial charge in [-0.2, -0.15) is 0 Å². The predicted molar refractivity (Wildman–Crippen MR) is 101 cm³/mol. The van der Waals surface area contributed by atoms with Crippen molar-refractivity contribution in [3.63, 3.8) is 0 Å². The predicted octanol–water partition coefficient (Wildman–Crippen LogP) is 2.88. The van der Waals surface area contributed by atoms with Gasteiger partial charge >= 0.3 is 0 Å². The van der Waals surface area contributed by atoms with Gasteiger partial charge in [0.1, 0.15) is 5.82 Å². The van der Waals surface area contributed by atoms with Crippen LogP contribution in [0, 0.1) is 15.9 Å². The normalized spacial score (nSPS) is 16.0. The minimum absolute atomic E-state index is 0.0704. The summed E-state index contributed by atoms with van der Waals surface area (Å²) in [6.07, 6.45) is 0. The summed E-state index contributed by atoms with van der Waals surface area (Å²) in [5.74, 6) is -0.475. The molecule has 0 bridgehead atoms. The van der Waals surface area contributed by atoms with Gasteiger partial charge in [0.15, 0.2) is 0 Å². The summed E-state index contributed by atoms with van der Waals surface area (Å²) >= 11 is 0. The smallest absolute Gasteiger partial charge is 0.271 e. The molecule has 8 heteroatoms. The van der Waals surface area contributed by atoms with Crippen molar-refractivity contribution in [1.82, 2.24) is 4.90 Å². The Morgan fingerprint density at radius 1 is 1.15 bits per heavy atom. The molecule has 0 radical (unpaired) electrons. The van der Waals surface area contributed by atoms with Gasteiger partial charge in [-0.3, -0.25) is 19.8 Å². The Morgan fingerprint density at radius 3 is 2.52 bits per heavy atom. The Morgan fingerprint density at radius 2 is 1.85 bits per heavy atom. The number of nitro benzene ring substituents is 1. The molecule has 1 fully saturated rings. The maximum absolute atomic E-state index is 13.9. The highest BCUT2D eigenvalue weighted by Crippen LogP contribution is 2.21. The van der Waals surface area contributed by atoms with Gasteiger partial charge in [0.05, 0.1) is 16.7 Å². The van der Waals surface area contributed by atoms with Crippen molar-refractivity contribution >= 4 is 23.0 Å². The molecule has 0 unspecified atom stereocenters. The lowest BCUT2D eigenvalue weighted by atomic mass is 10.2. The van der Waals surface area contributed by atoms with Crippen molar-refractivity contribution < 1.29 is 14.1 Å². The van der Waals surface area contributed by atoms with E-state index in [0.29, 0.717) is 37.6 Å². The number of hydrogen-bond donors (Lipinski definition) is 1. The van der Waals surface area contributed by atoms with Crippen LogP contribution < -0.4 is 10.2 Å². The second kappa shape index (κ2) is 8.13. The molecular weight excluding hydrogens is 351 g/mol. The average Bonchev–Trinajstić information content (AvgIpc) is 2.68. The van der Waals surface area contributed by atoms with Crippen molar-refractivity contribution in [3.8, 4) is 0 Å². The first-order valence-electron chi connectivity index (χ1n) is 8.74. The van der Waals surface area contributed by atoms with Gasteiger partial charge in [0.2, 0.25) is 5.91 Å². The zero-order valence-corrected chi connectivity index (χ0v) is 15.0. The van der Waals surface area contributed by atoms with E-state index >= 15 is 0 Å². The van der Waals surface area contributed by atoms with Crippen LogP contribution >= 0.6 is 0 Å². The van der Waals surface area contributed by atoms with Crippen molar-refractivity contribution in [2.45, 2.75) is 13.0 Å². The van der Waals surface area contributed by atoms with Crippen LogP contribution in [0.4, 0.5) is 21.5 Å². The largest absolute Gasteiger partial charge is 0.367 e. The molecule has 142 valence electrons. The molecule has 2 aromatic carbocycles. The summed E-state index contributed by atoms with van der Waals surface area (Å²) in [6.45, 7) is 4.28. The molecule has 1 atom stereocenters. The highest BCUT2D eigenvalue weighted by molar-refractivity contribution is 5.94. The monoisotopic (exact) mass is 372 g/mol. The number of nitrogens with one attached hydrogen (secondary N) is 1. The SMILES string of the molecule is C[C@@H](C(=O)Nc1cccc([N+](=O)[O-])c1)N1CCN(c2ccccc2F)CC1. The maximum Gasteiger partial charge on any atom is 0.271 e. The third-order valence-corrected chi connectivity index (χ3v) is 4.76. The topological polar surface area (TPSA) is 78.7 Å². The lowest BCUT2D eigenvalue weighted by molar-refractivity contribution is -0.384. The molecular formula is C19H21FN4O3. The summed E-state index contributed by atoms with van der Waals surface area (Å²) in [7, 11) is 0. The number of nitro groups is 1. The van der Waals surface area contributed by atoms with Gasteiger partial charge < -0.3 is 10.2 Å². The molecule has 27 heavy (non-hydrogen) atoms. The molecule has 1 aliphatic heterocycles. The second-order valence-corrected chi connectivity index (χ2v) is 6.45. The Balaban J connectivity index is 1.58. The highest BCUT2D eigenvalue weighted by Gasteiger charge is 2.26. The van der Waals surface area contributed by atoms with Crippen LogP contribution in [0.2, 0.25) is 0 Å². The number of carbonyl (C=O) groups is 1. The lowest BCUT2D eigenvalue weighted by Gasteiger charge is -2.38. The van der Waals surface area contributed by atoms with Crippen LogP contribution in [0.1, 0.15) is 6.92 Å². The summed E-state index contributed by atoms with van der Waals surface area (Å²) in [6, 6.07) is 12.1. The number of benzene rings is 2. The molecule has 1 heterocycles. The molecule has 0 spiro atoms. The van der Waals surface area contributed by atoms with Gasteiger partial charge in [-0.25, -0.2) is 4.39 Å². The third-order valence-electron chi connectivity index (χ3n) is 4.76. The lowest BCUT2D eigenvalue weighted by Crippen LogP contribution is -2.53. The zero-order chi connectivity index (χ0) is 19.4. The Bertz CT molecular complexity index is 837. The second-order valence-electron chi connectivity index (χ2n) is 6.45. The number of carbonyl (C=O) groups excluding carboxylic acids is 1. The molecule has 0 aromatic heterocycles. The van der Waals surface area contributed by atoms with Crippen LogP contribution in [0.3, 0.4) is 0 Å². The van der Waals surface area contributed by atoms with Gasteiger partial charge in [-0.15, -0.1) is 0 Å². The Kier molecular flexibility index (Phi) is 5.66. The first-order chi connectivity index (χ1) is 13.0. The minimum atomic E-state index is -0.499. The van der Waals surface area contributed by atoms with E-state index in [1.54, 1.807) is 31.2 Å². The number of rotatable bonds is 5. The van der Waals surface area contributed by atoms with E-state index in [4.69, 9.17) is 0 Å². The van der Waals surface area contributed by atoms with Crippen LogP contribution in [0.15, 0.2) is 48.5 Å². The molecule has 3 rings (SSSR count). The van der Waals surface area contributed by atoms with Gasteiger partial charge in [0, 0.05) is 44.0 Å². The first kappa shape index (κ1) is 18.8. The van der Waals surface area contributed by atoms with Gasteiger partial charge in [-0.1, -0.05) is 18.2 Å². The van der Waals surface area contributed by atoms with E-state index in [9.17, 15) is 19.3 Å². The van der Waals surface area contributed by atoms with Gasteiger partial charge in [0.25, 0.3) is 5.69 Å². The maximum atomic E-state index is 13.9. The number of piperazine rings is 1. The van der Waals surface area contributed by atoms with Crippen molar-refractivity contribution in [2.75, 3.05) is 36.4 Å². The Hall–Kier alpha value is -3.00. The fraction of sp³-hybridized carbons (Fsp3) is 0.316. The van der Waals surface area contributed by atoms with Crippen LogP contribution in [-0.2, 0) is 4.79 Å². The highest BCUT2D eigenvalue weighted by atomic mass is 19.1. The summed E-state index contributed by atoms with van der Waals surface area (Å²) in [5.41, 5.74) is 0.899. The van der Waals surface area contributed by atoms with E-state index in [2.05, 4.69) is 5.32 Å². The van der Waals surface area contributed by atoms with Crippen LogP contribution in [-0.4, -0.2) is 48.0 Å². The van der Waals surface area contributed by atoms with Crippen LogP contribution in [0.5, 0.6) is 0 Å².